The van der Waals surface area contributed by atoms with Gasteiger partial charge in [-0.25, -0.2) is 0 Å². The van der Waals surface area contributed by atoms with Crippen LogP contribution < -0.4 is 5.32 Å². The molecule has 1 atom stereocenters. The summed E-state index contributed by atoms with van der Waals surface area (Å²) in [5.74, 6) is 0. The third-order valence-corrected chi connectivity index (χ3v) is 2.23. The van der Waals surface area contributed by atoms with Gasteiger partial charge in [0, 0.05) is 26.4 Å². The fraction of sp³-hybridized carbons (Fsp3) is 0.700. The second-order valence-corrected chi connectivity index (χ2v) is 3.51. The van der Waals surface area contributed by atoms with E-state index in [1.807, 2.05) is 24.9 Å². The van der Waals surface area contributed by atoms with E-state index in [-0.39, 0.29) is 0 Å². The van der Waals surface area contributed by atoms with E-state index in [0.717, 1.165) is 24.4 Å². The molecule has 1 aromatic rings. The van der Waals surface area contributed by atoms with E-state index in [1.54, 1.807) is 7.11 Å². The zero-order chi connectivity index (χ0) is 10.6. The van der Waals surface area contributed by atoms with Crippen molar-refractivity contribution in [3.05, 3.63) is 11.9 Å². The second-order valence-electron chi connectivity index (χ2n) is 3.51. The minimum absolute atomic E-state index is 0.364. The van der Waals surface area contributed by atoms with Gasteiger partial charge in [-0.05, 0) is 13.3 Å². The molecule has 1 rings (SSSR count). The number of aryl methyl sites for hydroxylation is 2. The Labute approximate surface area is 85.3 Å². The summed E-state index contributed by atoms with van der Waals surface area (Å²) in [6.07, 6.45) is 3.04. The van der Waals surface area contributed by atoms with Gasteiger partial charge in [0.1, 0.15) is 0 Å². The Morgan fingerprint density at radius 3 is 2.79 bits per heavy atom. The van der Waals surface area contributed by atoms with Crippen molar-refractivity contribution < 1.29 is 4.74 Å². The van der Waals surface area contributed by atoms with E-state index in [9.17, 15) is 0 Å². The number of nitrogens with zero attached hydrogens (tertiary/aromatic N) is 2. The number of aromatic nitrogens is 2. The van der Waals surface area contributed by atoms with Gasteiger partial charge in [-0.2, -0.15) is 5.10 Å². The normalized spacial score (nSPS) is 12.9. The number of hydrogen-bond donors (Lipinski definition) is 1. The molecule has 1 unspecified atom stereocenters. The molecule has 0 aromatic carbocycles. The molecule has 1 N–H and O–H groups in total. The largest absolute Gasteiger partial charge is 0.383 e. The standard InChI is InChI=1S/C10H19N3O/c1-5-9(7-14-4)11-10-6-13(3)12-8(10)2/h6,9,11H,5,7H2,1-4H3. The molecule has 0 fully saturated rings. The highest BCUT2D eigenvalue weighted by atomic mass is 16.5. The number of methoxy groups -OCH3 is 1. The summed E-state index contributed by atoms with van der Waals surface area (Å²) in [4.78, 5) is 0. The van der Waals surface area contributed by atoms with Crippen LogP contribution in [0.1, 0.15) is 19.0 Å². The molecule has 0 aliphatic carbocycles. The molecule has 0 radical (unpaired) electrons. The number of ether oxygens (including phenoxy) is 1. The number of anilines is 1. The lowest BCUT2D eigenvalue weighted by molar-refractivity contribution is 0.184. The van der Waals surface area contributed by atoms with Crippen LogP contribution >= 0.6 is 0 Å². The maximum atomic E-state index is 5.12. The Hall–Kier alpha value is -1.03. The quantitative estimate of drug-likeness (QED) is 0.778. The van der Waals surface area contributed by atoms with Gasteiger partial charge < -0.3 is 10.1 Å². The Morgan fingerprint density at radius 2 is 2.36 bits per heavy atom. The lowest BCUT2D eigenvalue weighted by Crippen LogP contribution is -2.23. The van der Waals surface area contributed by atoms with Gasteiger partial charge in [0.15, 0.2) is 0 Å². The first-order valence-electron chi connectivity index (χ1n) is 4.93. The lowest BCUT2D eigenvalue weighted by atomic mass is 10.2. The van der Waals surface area contributed by atoms with Gasteiger partial charge >= 0.3 is 0 Å². The molecule has 0 amide bonds. The van der Waals surface area contributed by atoms with Crippen molar-refractivity contribution in [3.63, 3.8) is 0 Å². The Morgan fingerprint density at radius 1 is 1.64 bits per heavy atom. The van der Waals surface area contributed by atoms with Gasteiger partial charge in [0.05, 0.1) is 18.0 Å². The SMILES string of the molecule is CCC(COC)Nc1cn(C)nc1C. The topological polar surface area (TPSA) is 39.1 Å². The highest BCUT2D eigenvalue weighted by molar-refractivity contribution is 5.46. The first-order valence-corrected chi connectivity index (χ1v) is 4.93. The summed E-state index contributed by atoms with van der Waals surface area (Å²) in [7, 11) is 3.65. The first kappa shape index (κ1) is 11.0. The molecule has 1 heterocycles. The third kappa shape index (κ3) is 2.73. The molecule has 80 valence electrons. The van der Waals surface area contributed by atoms with Crippen molar-refractivity contribution in [3.8, 4) is 0 Å². The highest BCUT2D eigenvalue weighted by Gasteiger charge is 2.08. The summed E-state index contributed by atoms with van der Waals surface area (Å²) < 4.78 is 6.94. The van der Waals surface area contributed by atoms with Crippen LogP contribution in [0, 0.1) is 6.92 Å². The van der Waals surface area contributed by atoms with Crippen LogP contribution in [0.5, 0.6) is 0 Å². The second kappa shape index (κ2) is 5.00. The van der Waals surface area contributed by atoms with Gasteiger partial charge in [-0.1, -0.05) is 6.92 Å². The van der Waals surface area contributed by atoms with E-state index < -0.39 is 0 Å². The third-order valence-electron chi connectivity index (χ3n) is 2.23. The minimum atomic E-state index is 0.364. The van der Waals surface area contributed by atoms with Crippen LogP contribution in [0.15, 0.2) is 6.20 Å². The molecule has 0 saturated carbocycles. The van der Waals surface area contributed by atoms with E-state index in [0.29, 0.717) is 6.04 Å². The van der Waals surface area contributed by atoms with Crippen molar-refractivity contribution in [2.24, 2.45) is 7.05 Å². The molecule has 0 bridgehead atoms. The Kier molecular flexibility index (Phi) is 3.95. The molecular formula is C10H19N3O. The summed E-state index contributed by atoms with van der Waals surface area (Å²) in [5.41, 5.74) is 2.12. The zero-order valence-corrected chi connectivity index (χ0v) is 9.37. The van der Waals surface area contributed by atoms with Crippen molar-refractivity contribution in [2.45, 2.75) is 26.3 Å². The maximum Gasteiger partial charge on any atom is 0.0825 e. The van der Waals surface area contributed by atoms with Crippen LogP contribution in [-0.2, 0) is 11.8 Å². The van der Waals surface area contributed by atoms with Crippen LogP contribution in [0.4, 0.5) is 5.69 Å². The fourth-order valence-corrected chi connectivity index (χ4v) is 1.42. The molecule has 4 nitrogen and oxygen atoms in total. The molecular weight excluding hydrogens is 178 g/mol. The van der Waals surface area contributed by atoms with Crippen LogP contribution in [0.25, 0.3) is 0 Å². The van der Waals surface area contributed by atoms with Crippen molar-refractivity contribution in [2.75, 3.05) is 19.0 Å². The summed E-state index contributed by atoms with van der Waals surface area (Å²) >= 11 is 0. The van der Waals surface area contributed by atoms with Gasteiger partial charge in [-0.15, -0.1) is 0 Å². The smallest absolute Gasteiger partial charge is 0.0825 e. The minimum Gasteiger partial charge on any atom is -0.383 e. The fourth-order valence-electron chi connectivity index (χ4n) is 1.42. The molecule has 0 aliphatic heterocycles. The van der Waals surface area contributed by atoms with E-state index in [2.05, 4.69) is 17.3 Å². The summed E-state index contributed by atoms with van der Waals surface area (Å²) in [6.45, 7) is 4.87. The molecule has 1 aromatic heterocycles. The van der Waals surface area contributed by atoms with Gasteiger partial charge in [0.25, 0.3) is 0 Å². The lowest BCUT2D eigenvalue weighted by Gasteiger charge is -2.16. The van der Waals surface area contributed by atoms with Crippen molar-refractivity contribution in [1.29, 1.82) is 0 Å². The number of nitrogens with one attached hydrogen (secondary N) is 1. The van der Waals surface area contributed by atoms with Gasteiger partial charge in [0.2, 0.25) is 0 Å². The molecule has 0 spiro atoms. The maximum absolute atomic E-state index is 5.12. The van der Waals surface area contributed by atoms with Crippen molar-refractivity contribution >= 4 is 5.69 Å². The van der Waals surface area contributed by atoms with Gasteiger partial charge in [-0.3, -0.25) is 4.68 Å². The van der Waals surface area contributed by atoms with E-state index >= 15 is 0 Å². The first-order chi connectivity index (χ1) is 6.67. The van der Waals surface area contributed by atoms with E-state index in [1.165, 1.54) is 0 Å². The Balaban J connectivity index is 2.61. The molecule has 0 saturated heterocycles. The highest BCUT2D eigenvalue weighted by Crippen LogP contribution is 2.13. The molecule has 14 heavy (non-hydrogen) atoms. The molecule has 4 heteroatoms. The summed E-state index contributed by atoms with van der Waals surface area (Å²) in [5, 5.41) is 7.68. The average Bonchev–Trinajstić information content (AvgIpc) is 2.44. The predicted molar refractivity (Wildman–Crippen MR) is 57.5 cm³/mol. The summed E-state index contributed by atoms with van der Waals surface area (Å²) in [6, 6.07) is 0.364. The average molecular weight is 197 g/mol. The number of hydrogen-bond acceptors (Lipinski definition) is 3. The van der Waals surface area contributed by atoms with E-state index in [4.69, 9.17) is 4.74 Å². The predicted octanol–water partition coefficient (Wildman–Crippen LogP) is 1.57. The van der Waals surface area contributed by atoms with Crippen LogP contribution in [-0.4, -0.2) is 29.5 Å². The molecule has 0 aliphatic rings. The van der Waals surface area contributed by atoms with Crippen molar-refractivity contribution in [1.82, 2.24) is 9.78 Å². The monoisotopic (exact) mass is 197 g/mol. The van der Waals surface area contributed by atoms with Crippen LogP contribution in [0.2, 0.25) is 0 Å². The Bertz CT molecular complexity index is 283. The number of rotatable bonds is 5. The zero-order valence-electron chi connectivity index (χ0n) is 9.37. The van der Waals surface area contributed by atoms with Crippen LogP contribution in [0.3, 0.4) is 0 Å².